The van der Waals surface area contributed by atoms with Crippen molar-refractivity contribution in [1.82, 2.24) is 5.32 Å². The van der Waals surface area contributed by atoms with Crippen molar-refractivity contribution in [2.75, 3.05) is 11.4 Å². The molecule has 4 rings (SSSR count). The molecule has 1 heterocycles. The summed E-state index contributed by atoms with van der Waals surface area (Å²) in [6, 6.07) is 14.6. The van der Waals surface area contributed by atoms with Gasteiger partial charge in [-0.3, -0.25) is 4.79 Å². The first-order chi connectivity index (χ1) is 11.8. The van der Waals surface area contributed by atoms with Crippen LogP contribution in [-0.4, -0.2) is 12.5 Å². The molecule has 3 heteroatoms. The smallest absolute Gasteiger partial charge is 0.258 e. The highest BCUT2D eigenvalue weighted by atomic mass is 16.2. The molecule has 2 aromatic rings. The molecule has 0 spiro atoms. The molecule has 1 aliphatic carbocycles. The standard InChI is InChI=1S/C21H24N2O/c1-2-15-8-10-18(11-9-15)23(14-16-6-7-16)21(24)19-5-3-4-17-12-22-13-20(17)19/h3-5,8-11,16,22H,2,6-7,12-14H2,1H3. The van der Waals surface area contributed by atoms with Crippen molar-refractivity contribution < 1.29 is 4.79 Å². The first-order valence-electron chi connectivity index (χ1n) is 8.98. The van der Waals surface area contributed by atoms with E-state index in [0.29, 0.717) is 5.92 Å². The minimum atomic E-state index is 0.145. The molecule has 0 radical (unpaired) electrons. The fourth-order valence-electron chi connectivity index (χ4n) is 3.45. The minimum Gasteiger partial charge on any atom is -0.309 e. The van der Waals surface area contributed by atoms with Crippen LogP contribution in [0.1, 0.15) is 46.8 Å². The maximum atomic E-state index is 13.3. The number of nitrogens with one attached hydrogen (secondary N) is 1. The minimum absolute atomic E-state index is 0.145. The highest BCUT2D eigenvalue weighted by Crippen LogP contribution is 2.33. The van der Waals surface area contributed by atoms with Crippen LogP contribution in [0, 0.1) is 5.92 Å². The van der Waals surface area contributed by atoms with Gasteiger partial charge in [0.15, 0.2) is 0 Å². The molecule has 0 atom stereocenters. The number of amides is 1. The molecular weight excluding hydrogens is 296 g/mol. The summed E-state index contributed by atoms with van der Waals surface area (Å²) in [6.07, 6.45) is 3.51. The molecule has 0 bridgehead atoms. The van der Waals surface area contributed by atoms with Gasteiger partial charge >= 0.3 is 0 Å². The van der Waals surface area contributed by atoms with E-state index in [1.54, 1.807) is 0 Å². The number of carbonyl (C=O) groups excluding carboxylic acids is 1. The lowest BCUT2D eigenvalue weighted by molar-refractivity contribution is 0.0985. The quantitative estimate of drug-likeness (QED) is 0.906. The second kappa shape index (κ2) is 6.40. The Morgan fingerprint density at radius 3 is 2.62 bits per heavy atom. The lowest BCUT2D eigenvalue weighted by atomic mass is 10.0. The van der Waals surface area contributed by atoms with E-state index in [-0.39, 0.29) is 5.91 Å². The van der Waals surface area contributed by atoms with Crippen LogP contribution in [0.2, 0.25) is 0 Å². The van der Waals surface area contributed by atoms with Gasteiger partial charge in [-0.05, 0) is 60.1 Å². The van der Waals surface area contributed by atoms with Crippen LogP contribution in [0.25, 0.3) is 0 Å². The summed E-state index contributed by atoms with van der Waals surface area (Å²) >= 11 is 0. The zero-order chi connectivity index (χ0) is 16.5. The zero-order valence-corrected chi connectivity index (χ0v) is 14.2. The number of anilines is 1. The molecule has 1 amide bonds. The molecule has 3 nitrogen and oxygen atoms in total. The highest BCUT2D eigenvalue weighted by molar-refractivity contribution is 6.07. The Kier molecular flexibility index (Phi) is 4.11. The third-order valence-electron chi connectivity index (χ3n) is 5.16. The second-order valence-corrected chi connectivity index (χ2v) is 6.93. The van der Waals surface area contributed by atoms with E-state index in [1.165, 1.54) is 29.5 Å². The molecule has 2 aliphatic rings. The number of nitrogens with zero attached hydrogens (tertiary/aromatic N) is 1. The van der Waals surface area contributed by atoms with E-state index in [2.05, 4.69) is 42.6 Å². The largest absolute Gasteiger partial charge is 0.309 e. The van der Waals surface area contributed by atoms with Crippen molar-refractivity contribution in [3.05, 3.63) is 64.7 Å². The van der Waals surface area contributed by atoms with E-state index in [1.807, 2.05) is 17.0 Å². The molecule has 24 heavy (non-hydrogen) atoms. The van der Waals surface area contributed by atoms with E-state index in [0.717, 1.165) is 37.3 Å². The van der Waals surface area contributed by atoms with Gasteiger partial charge in [-0.2, -0.15) is 0 Å². The summed E-state index contributed by atoms with van der Waals surface area (Å²) in [5.74, 6) is 0.807. The Hall–Kier alpha value is -2.13. The average molecular weight is 320 g/mol. The van der Waals surface area contributed by atoms with E-state index < -0.39 is 0 Å². The number of rotatable bonds is 5. The first-order valence-corrected chi connectivity index (χ1v) is 8.98. The van der Waals surface area contributed by atoms with Gasteiger partial charge in [0.25, 0.3) is 5.91 Å². The number of benzene rings is 2. The Morgan fingerprint density at radius 2 is 1.92 bits per heavy atom. The van der Waals surface area contributed by atoms with Crippen LogP contribution in [0.3, 0.4) is 0 Å². The van der Waals surface area contributed by atoms with Gasteiger partial charge in [0.1, 0.15) is 0 Å². The summed E-state index contributed by atoms with van der Waals surface area (Å²) in [4.78, 5) is 15.3. The van der Waals surface area contributed by atoms with Crippen molar-refractivity contribution in [2.45, 2.75) is 39.3 Å². The van der Waals surface area contributed by atoms with Gasteiger partial charge in [0, 0.05) is 30.9 Å². The number of hydrogen-bond donors (Lipinski definition) is 1. The molecule has 124 valence electrons. The highest BCUT2D eigenvalue weighted by Gasteiger charge is 2.30. The van der Waals surface area contributed by atoms with Crippen molar-refractivity contribution in [1.29, 1.82) is 0 Å². The number of fused-ring (bicyclic) bond motifs is 1. The summed E-state index contributed by atoms with van der Waals surface area (Å²) < 4.78 is 0. The number of carbonyl (C=O) groups is 1. The number of aryl methyl sites for hydroxylation is 1. The van der Waals surface area contributed by atoms with Gasteiger partial charge in [-0.15, -0.1) is 0 Å². The molecular formula is C21H24N2O. The van der Waals surface area contributed by atoms with Crippen LogP contribution in [0.4, 0.5) is 5.69 Å². The van der Waals surface area contributed by atoms with Gasteiger partial charge in [-0.1, -0.05) is 31.2 Å². The van der Waals surface area contributed by atoms with Crippen LogP contribution < -0.4 is 10.2 Å². The predicted molar refractivity (Wildman–Crippen MR) is 97.2 cm³/mol. The van der Waals surface area contributed by atoms with E-state index in [9.17, 15) is 4.79 Å². The third kappa shape index (κ3) is 2.96. The molecule has 1 saturated carbocycles. The predicted octanol–water partition coefficient (Wildman–Crippen LogP) is 3.91. The lowest BCUT2D eigenvalue weighted by Gasteiger charge is -2.24. The monoisotopic (exact) mass is 320 g/mol. The van der Waals surface area contributed by atoms with E-state index in [4.69, 9.17) is 0 Å². The van der Waals surface area contributed by atoms with Gasteiger partial charge < -0.3 is 10.2 Å². The Labute approximate surface area is 143 Å². The fourth-order valence-corrected chi connectivity index (χ4v) is 3.45. The molecule has 0 aromatic heterocycles. The van der Waals surface area contributed by atoms with Crippen LogP contribution in [0.15, 0.2) is 42.5 Å². The average Bonchev–Trinajstić information content (AvgIpc) is 3.32. The molecule has 1 fully saturated rings. The summed E-state index contributed by atoms with van der Waals surface area (Å²) in [5.41, 5.74) is 5.62. The molecule has 1 aliphatic heterocycles. The topological polar surface area (TPSA) is 32.3 Å². The van der Waals surface area contributed by atoms with Crippen LogP contribution in [0.5, 0.6) is 0 Å². The van der Waals surface area contributed by atoms with Crippen LogP contribution >= 0.6 is 0 Å². The maximum Gasteiger partial charge on any atom is 0.258 e. The molecule has 0 saturated heterocycles. The first kappa shape index (κ1) is 15.4. The van der Waals surface area contributed by atoms with Crippen LogP contribution in [-0.2, 0) is 19.5 Å². The molecule has 2 aromatic carbocycles. The van der Waals surface area contributed by atoms with Gasteiger partial charge in [0.2, 0.25) is 0 Å². The summed E-state index contributed by atoms with van der Waals surface area (Å²) in [6.45, 7) is 4.65. The van der Waals surface area contributed by atoms with Gasteiger partial charge in [-0.25, -0.2) is 0 Å². The third-order valence-corrected chi connectivity index (χ3v) is 5.16. The normalized spacial score (nSPS) is 16.0. The van der Waals surface area contributed by atoms with Crippen molar-refractivity contribution in [3.63, 3.8) is 0 Å². The van der Waals surface area contributed by atoms with E-state index >= 15 is 0 Å². The maximum absolute atomic E-state index is 13.3. The Balaban J connectivity index is 1.68. The second-order valence-electron chi connectivity index (χ2n) is 6.93. The van der Waals surface area contributed by atoms with Crippen molar-refractivity contribution in [3.8, 4) is 0 Å². The SMILES string of the molecule is CCc1ccc(N(CC2CC2)C(=O)c2cccc3c2CNC3)cc1. The molecule has 0 unspecified atom stereocenters. The fraction of sp³-hybridized carbons (Fsp3) is 0.381. The number of hydrogen-bond acceptors (Lipinski definition) is 2. The summed E-state index contributed by atoms with van der Waals surface area (Å²) in [5, 5.41) is 3.36. The van der Waals surface area contributed by atoms with Gasteiger partial charge in [0.05, 0.1) is 0 Å². The van der Waals surface area contributed by atoms with Crippen molar-refractivity contribution >= 4 is 11.6 Å². The zero-order valence-electron chi connectivity index (χ0n) is 14.2. The molecule has 1 N–H and O–H groups in total. The summed E-state index contributed by atoms with van der Waals surface area (Å²) in [7, 11) is 0. The van der Waals surface area contributed by atoms with Crippen molar-refractivity contribution in [2.24, 2.45) is 5.92 Å². The Morgan fingerprint density at radius 1 is 1.12 bits per heavy atom. The Bertz CT molecular complexity index is 747. The lowest BCUT2D eigenvalue weighted by Crippen LogP contribution is -2.33.